The summed E-state index contributed by atoms with van der Waals surface area (Å²) in [6, 6.07) is 34.0. The minimum Gasteiger partial charge on any atom is -0.449 e. The summed E-state index contributed by atoms with van der Waals surface area (Å²) in [7, 11) is 0. The van der Waals surface area contributed by atoms with Crippen LogP contribution < -0.4 is 88.0 Å². The van der Waals surface area contributed by atoms with Gasteiger partial charge in [-0.1, -0.05) is 97.1 Å². The molecule has 0 fully saturated rings. The molecule has 0 aliphatic heterocycles. The Morgan fingerprint density at radius 3 is 1.01 bits per heavy atom. The Morgan fingerprint density at radius 1 is 0.369 bits per heavy atom. The number of ether oxygens (including phenoxy) is 2. The van der Waals surface area contributed by atoms with E-state index in [1.165, 1.54) is 33.4 Å². The molecule has 6 rings (SSSR count). The zero-order valence-electron chi connectivity index (χ0n) is 63.2. The second kappa shape index (κ2) is 53.9. The zero-order valence-corrected chi connectivity index (χ0v) is 63.2. The molecule has 2 aliphatic rings. The molecule has 103 heavy (non-hydrogen) atoms. The SMILES string of the molecule is CC(C)NC(=O)CCCN.CC(C)NC(=O)CCCN=C(N)N.CC(C)NC(=O)CCCNC(=O)OCC1c2ccccc2-c2ccccc21.CC(C)NC(=O)CCN.CC(C)NC(=O)CN.CC(C)NC(=O)CN=C(N)N.CC(C)NC(=O)CNC(=O)OCC1c2ccccc2-c2ccccc21. The molecule has 0 unspecified atom stereocenters. The van der Waals surface area contributed by atoms with E-state index in [4.69, 9.17) is 49.6 Å². The Morgan fingerprint density at radius 2 is 0.680 bits per heavy atom. The quantitative estimate of drug-likeness (QED) is 0.0197. The number of hydrogen-bond acceptors (Lipinski definition) is 16. The van der Waals surface area contributed by atoms with E-state index in [1.54, 1.807) is 0 Å². The van der Waals surface area contributed by atoms with Crippen LogP contribution in [-0.4, -0.2) is 167 Å². The molecule has 0 radical (unpaired) electrons. The summed E-state index contributed by atoms with van der Waals surface area (Å²) in [6.07, 6.45) is 2.85. The van der Waals surface area contributed by atoms with Crippen LogP contribution in [0.25, 0.3) is 22.3 Å². The Hall–Kier alpha value is -9.87. The molecule has 9 amide bonds. The van der Waals surface area contributed by atoms with Crippen LogP contribution in [0.5, 0.6) is 0 Å². The van der Waals surface area contributed by atoms with E-state index in [0.29, 0.717) is 71.3 Å². The van der Waals surface area contributed by atoms with Gasteiger partial charge in [-0.15, -0.1) is 0 Å². The normalized spacial score (nSPS) is 11.1. The topological polar surface area (TPSA) is 487 Å². The first-order valence-corrected chi connectivity index (χ1v) is 35.1. The average molecular weight is 1440 g/mol. The molecule has 4 aromatic carbocycles. The largest absolute Gasteiger partial charge is 0.449 e. The number of hydrogen-bond donors (Lipinski definition) is 16. The summed E-state index contributed by atoms with van der Waals surface area (Å²) >= 11 is 0. The van der Waals surface area contributed by atoms with Crippen molar-refractivity contribution in [2.75, 3.05) is 59.0 Å². The van der Waals surface area contributed by atoms with Gasteiger partial charge in [0.05, 0.1) is 6.54 Å². The van der Waals surface area contributed by atoms with Gasteiger partial charge in [0.15, 0.2) is 11.9 Å². The van der Waals surface area contributed by atoms with Crippen LogP contribution in [0.15, 0.2) is 107 Å². The predicted octanol–water partition coefficient (Wildman–Crippen LogP) is 4.81. The standard InChI is InChI=1S/C22H26N2O3.C20H22N2O3.C8H18N4O.C7H16N2O.C6H14N4O.C6H14N2O.C5H12N2O/c1-15(2)24-21(25)12-7-13-23-22(26)27-14-20-18-10-5-3-8-16(18)17-9-4-6-11-19(17)20;1-13(2)22-19(23)11-21-20(24)25-12-18-16-9-5-3-7-14(16)15-8-4-6-10-17(15)18;1-6(2)12-7(13)4-3-5-11-8(9)10;1-6(2)9-7(10)4-3-5-8;1-4(2)10-5(11)3-9-6(7)8;1-5(2)8-6(9)3-4-7;1-4(2)7-5(8)3-6/h3-6,8-11,15,20H,7,12-14H2,1-2H3,(H,23,26)(H,24,25);3-10,13,18H,11-12H2,1-2H3,(H,21,24)(H,22,23);6H,3-5H2,1-2H3,(H,12,13)(H4,9,10,11);6H,3-5,8H2,1-2H3,(H,9,10);4H,3H2,1-2H3,(H,10,11)(H4,7,8,9);5H,3-4,7H2,1-2H3,(H,8,9);4H,3,6H2,1-2H3,(H,7,8). The maximum Gasteiger partial charge on any atom is 0.407 e. The van der Waals surface area contributed by atoms with Crippen molar-refractivity contribution in [3.05, 3.63) is 119 Å². The third kappa shape index (κ3) is 44.9. The molecule has 574 valence electrons. The fraction of sp³-hybridized carbons (Fsp3) is 0.527. The van der Waals surface area contributed by atoms with E-state index in [0.717, 1.165) is 17.5 Å². The molecule has 0 heterocycles. The van der Waals surface area contributed by atoms with Gasteiger partial charge in [0, 0.05) is 99.4 Å². The Bertz CT molecular complexity index is 3150. The first-order valence-electron chi connectivity index (χ1n) is 35.1. The molecule has 0 saturated carbocycles. The van der Waals surface area contributed by atoms with Crippen molar-refractivity contribution in [1.29, 1.82) is 0 Å². The number of amides is 9. The van der Waals surface area contributed by atoms with Crippen LogP contribution in [0.2, 0.25) is 0 Å². The lowest BCUT2D eigenvalue weighted by atomic mass is 9.98. The first kappa shape index (κ1) is 93.1. The highest BCUT2D eigenvalue weighted by atomic mass is 16.6. The maximum absolute atomic E-state index is 12.0. The molecule has 0 bridgehead atoms. The lowest BCUT2D eigenvalue weighted by molar-refractivity contribution is -0.122. The van der Waals surface area contributed by atoms with E-state index in [1.807, 2.05) is 145 Å². The van der Waals surface area contributed by atoms with E-state index < -0.39 is 12.2 Å². The molecule has 2 aliphatic carbocycles. The summed E-state index contributed by atoms with van der Waals surface area (Å²) in [5.74, 6) is -0.249. The Kier molecular flexibility index (Phi) is 48.7. The number of aliphatic imine (C=N–C) groups is 2. The summed E-state index contributed by atoms with van der Waals surface area (Å²) < 4.78 is 10.8. The van der Waals surface area contributed by atoms with E-state index in [-0.39, 0.29) is 134 Å². The van der Waals surface area contributed by atoms with Crippen molar-refractivity contribution in [1.82, 2.24) is 47.9 Å². The van der Waals surface area contributed by atoms with Gasteiger partial charge in [0.2, 0.25) is 41.4 Å². The number of carbonyl (C=O) groups is 9. The molecule has 0 aromatic heterocycles. The molecular weight excluding hydrogens is 1320 g/mol. The fourth-order valence-electron chi connectivity index (χ4n) is 9.59. The summed E-state index contributed by atoms with van der Waals surface area (Å²) in [4.78, 5) is 108. The van der Waals surface area contributed by atoms with E-state index >= 15 is 0 Å². The van der Waals surface area contributed by atoms with Gasteiger partial charge in [-0.2, -0.15) is 0 Å². The van der Waals surface area contributed by atoms with Crippen molar-refractivity contribution >= 4 is 65.5 Å². The molecule has 0 saturated heterocycles. The summed E-state index contributed by atoms with van der Waals surface area (Å²) in [5, 5.41) is 24.3. The number of nitrogens with one attached hydrogen (secondary N) is 9. The number of guanidine groups is 2. The molecule has 29 heteroatoms. The fourth-order valence-corrected chi connectivity index (χ4v) is 9.59. The number of nitrogens with two attached hydrogens (primary N) is 7. The highest BCUT2D eigenvalue weighted by Crippen LogP contribution is 2.45. The third-order valence-electron chi connectivity index (χ3n) is 13.5. The van der Waals surface area contributed by atoms with Crippen molar-refractivity contribution < 1.29 is 52.6 Å². The minimum absolute atomic E-state index is 0.000509. The third-order valence-corrected chi connectivity index (χ3v) is 13.5. The van der Waals surface area contributed by atoms with Gasteiger partial charge in [-0.05, 0) is 167 Å². The minimum atomic E-state index is -0.583. The van der Waals surface area contributed by atoms with Crippen LogP contribution in [0.4, 0.5) is 9.59 Å². The molecular formula is C74H122N18O11. The van der Waals surface area contributed by atoms with Crippen molar-refractivity contribution in [2.24, 2.45) is 50.1 Å². The smallest absolute Gasteiger partial charge is 0.407 e. The van der Waals surface area contributed by atoms with Gasteiger partial charge in [0.1, 0.15) is 26.3 Å². The van der Waals surface area contributed by atoms with Crippen LogP contribution in [-0.2, 0) is 43.0 Å². The summed E-state index contributed by atoms with van der Waals surface area (Å²) in [6.45, 7) is 29.2. The van der Waals surface area contributed by atoms with Crippen LogP contribution >= 0.6 is 0 Å². The molecule has 4 aromatic rings. The second-order valence-electron chi connectivity index (χ2n) is 25.9. The first-order chi connectivity index (χ1) is 48.6. The van der Waals surface area contributed by atoms with Crippen molar-refractivity contribution in [2.45, 2.75) is 196 Å². The second-order valence-corrected chi connectivity index (χ2v) is 25.9. The number of carbonyl (C=O) groups excluding carboxylic acids is 9. The molecule has 0 atom stereocenters. The van der Waals surface area contributed by atoms with Crippen molar-refractivity contribution in [3.63, 3.8) is 0 Å². The highest BCUT2D eigenvalue weighted by Gasteiger charge is 2.30. The molecule has 0 spiro atoms. The number of benzene rings is 4. The number of nitrogens with zero attached hydrogens (tertiary/aromatic N) is 2. The van der Waals surface area contributed by atoms with Crippen LogP contribution in [0.3, 0.4) is 0 Å². The van der Waals surface area contributed by atoms with Gasteiger partial charge >= 0.3 is 12.2 Å². The molecule has 23 N–H and O–H groups in total. The van der Waals surface area contributed by atoms with E-state index in [9.17, 15) is 43.2 Å². The average Bonchev–Trinajstić information content (AvgIpc) is 1.63. The Labute approximate surface area is 610 Å². The number of fused-ring (bicyclic) bond motifs is 6. The van der Waals surface area contributed by atoms with Crippen molar-refractivity contribution in [3.8, 4) is 22.3 Å². The molecule has 29 nitrogen and oxygen atoms in total. The number of rotatable bonds is 29. The lowest BCUT2D eigenvalue weighted by Crippen LogP contribution is -2.40. The van der Waals surface area contributed by atoms with Crippen LogP contribution in [0.1, 0.15) is 176 Å². The van der Waals surface area contributed by atoms with Crippen LogP contribution in [0, 0.1) is 0 Å². The number of alkyl carbamates (subject to hydrolysis) is 2. The predicted molar refractivity (Wildman–Crippen MR) is 410 cm³/mol. The Balaban J connectivity index is 0.00000125. The zero-order chi connectivity index (χ0) is 78.0. The monoisotopic (exact) mass is 1440 g/mol. The highest BCUT2D eigenvalue weighted by molar-refractivity contribution is 5.85. The maximum atomic E-state index is 12.0. The van der Waals surface area contributed by atoms with Gasteiger partial charge in [-0.3, -0.25) is 38.6 Å². The van der Waals surface area contributed by atoms with Gasteiger partial charge < -0.3 is 97.5 Å². The van der Waals surface area contributed by atoms with Gasteiger partial charge in [-0.25, -0.2) is 14.6 Å². The van der Waals surface area contributed by atoms with E-state index in [2.05, 4.69) is 106 Å². The van der Waals surface area contributed by atoms with Gasteiger partial charge in [0.25, 0.3) is 0 Å². The lowest BCUT2D eigenvalue weighted by Gasteiger charge is -2.15. The summed E-state index contributed by atoms with van der Waals surface area (Å²) in [5.41, 5.74) is 45.1.